The van der Waals surface area contributed by atoms with Crippen molar-refractivity contribution in [2.75, 3.05) is 18.8 Å². The average Bonchev–Trinajstić information content (AvgIpc) is 2.41. The van der Waals surface area contributed by atoms with Gasteiger partial charge in [-0.25, -0.2) is 0 Å². The summed E-state index contributed by atoms with van der Waals surface area (Å²) in [6, 6.07) is 5.57. The molecule has 2 rings (SSSR count). The van der Waals surface area contributed by atoms with Crippen molar-refractivity contribution < 1.29 is 4.79 Å². The number of nitrogens with one attached hydrogen (secondary N) is 2. The molecule has 7 heteroatoms. The van der Waals surface area contributed by atoms with Crippen LogP contribution < -0.4 is 10.6 Å². The Hall–Kier alpha value is -0.130. The summed E-state index contributed by atoms with van der Waals surface area (Å²) in [5.41, 5.74) is 0. The fourth-order valence-electron chi connectivity index (χ4n) is 1.97. The third-order valence-corrected chi connectivity index (χ3v) is 4.69. The highest BCUT2D eigenvalue weighted by Gasteiger charge is 2.15. The van der Waals surface area contributed by atoms with Crippen LogP contribution in [-0.2, 0) is 4.79 Å². The largest absolute Gasteiger partial charge is 0.353 e. The monoisotopic (exact) mass is 354 g/mol. The van der Waals surface area contributed by atoms with Crippen LogP contribution in [0, 0.1) is 0 Å². The number of benzene rings is 1. The molecule has 1 heterocycles. The average molecular weight is 356 g/mol. The zero-order valence-corrected chi connectivity index (χ0v) is 14.0. The minimum Gasteiger partial charge on any atom is -0.353 e. The molecule has 1 aromatic rings. The summed E-state index contributed by atoms with van der Waals surface area (Å²) < 4.78 is 0. The molecule has 1 aromatic carbocycles. The highest BCUT2D eigenvalue weighted by Crippen LogP contribution is 2.29. The van der Waals surface area contributed by atoms with Crippen molar-refractivity contribution in [1.82, 2.24) is 10.6 Å². The third kappa shape index (κ3) is 5.70. The van der Waals surface area contributed by atoms with Gasteiger partial charge < -0.3 is 10.6 Å². The van der Waals surface area contributed by atoms with Gasteiger partial charge in [-0.05, 0) is 44.1 Å². The number of thioether (sulfide) groups is 1. The summed E-state index contributed by atoms with van der Waals surface area (Å²) in [6.07, 6.45) is 1.99. The number of amides is 1. The Morgan fingerprint density at radius 1 is 1.35 bits per heavy atom. The predicted molar refractivity (Wildman–Crippen MR) is 88.5 cm³/mol. The molecule has 20 heavy (non-hydrogen) atoms. The molecule has 1 aliphatic rings. The summed E-state index contributed by atoms with van der Waals surface area (Å²) in [6.45, 7) is 1.94. The Balaban J connectivity index is 0.00000200. The van der Waals surface area contributed by atoms with E-state index in [2.05, 4.69) is 10.6 Å². The summed E-state index contributed by atoms with van der Waals surface area (Å²) in [7, 11) is 0. The smallest absolute Gasteiger partial charge is 0.230 e. The standard InChI is InChI=1S/C13H16Cl2N2OS.ClH/c14-9-1-2-11(15)12(7-9)19-8-13(18)17-10-3-5-16-6-4-10;/h1-2,7,10,16H,3-6,8H2,(H,17,18);1H. The van der Waals surface area contributed by atoms with Crippen LogP contribution in [0.3, 0.4) is 0 Å². The SMILES string of the molecule is Cl.O=C(CSc1cc(Cl)ccc1Cl)NC1CCNCC1. The van der Waals surface area contributed by atoms with Gasteiger partial charge in [0.1, 0.15) is 0 Å². The first-order chi connectivity index (χ1) is 9.15. The van der Waals surface area contributed by atoms with Crippen LogP contribution in [0.2, 0.25) is 10.0 Å². The first kappa shape index (κ1) is 17.9. The lowest BCUT2D eigenvalue weighted by Gasteiger charge is -2.23. The maximum Gasteiger partial charge on any atom is 0.230 e. The lowest BCUT2D eigenvalue weighted by Crippen LogP contribution is -2.43. The first-order valence-electron chi connectivity index (χ1n) is 6.23. The van der Waals surface area contributed by atoms with Gasteiger partial charge in [-0.1, -0.05) is 23.2 Å². The predicted octanol–water partition coefficient (Wildman–Crippen LogP) is 3.38. The van der Waals surface area contributed by atoms with E-state index in [1.807, 2.05) is 0 Å². The minimum absolute atomic E-state index is 0. The lowest BCUT2D eigenvalue weighted by atomic mass is 10.1. The zero-order valence-electron chi connectivity index (χ0n) is 10.8. The number of carbonyl (C=O) groups excluding carboxylic acids is 1. The second-order valence-corrected chi connectivity index (χ2v) is 6.32. The quantitative estimate of drug-likeness (QED) is 0.814. The molecular weight excluding hydrogens is 339 g/mol. The molecule has 3 nitrogen and oxygen atoms in total. The van der Waals surface area contributed by atoms with E-state index in [-0.39, 0.29) is 18.3 Å². The van der Waals surface area contributed by atoms with Gasteiger partial charge in [-0.3, -0.25) is 4.79 Å². The van der Waals surface area contributed by atoms with Crippen molar-refractivity contribution in [3.63, 3.8) is 0 Å². The van der Waals surface area contributed by atoms with E-state index in [1.165, 1.54) is 11.8 Å². The van der Waals surface area contributed by atoms with E-state index in [1.54, 1.807) is 18.2 Å². The Bertz CT molecular complexity index is 453. The van der Waals surface area contributed by atoms with E-state index in [9.17, 15) is 4.79 Å². The Kier molecular flexibility index (Phi) is 8.07. The van der Waals surface area contributed by atoms with E-state index in [0.717, 1.165) is 30.8 Å². The van der Waals surface area contributed by atoms with Gasteiger partial charge in [0.25, 0.3) is 0 Å². The normalized spacial score (nSPS) is 15.5. The van der Waals surface area contributed by atoms with Crippen LogP contribution >= 0.6 is 47.4 Å². The first-order valence-corrected chi connectivity index (χ1v) is 7.97. The highest BCUT2D eigenvalue weighted by molar-refractivity contribution is 8.00. The Morgan fingerprint density at radius 3 is 2.75 bits per heavy atom. The summed E-state index contributed by atoms with van der Waals surface area (Å²) >= 11 is 13.4. The molecule has 0 bridgehead atoms. The van der Waals surface area contributed by atoms with Crippen molar-refractivity contribution in [2.24, 2.45) is 0 Å². The molecule has 1 amide bonds. The van der Waals surface area contributed by atoms with Gasteiger partial charge in [0, 0.05) is 16.0 Å². The van der Waals surface area contributed by atoms with E-state index < -0.39 is 0 Å². The van der Waals surface area contributed by atoms with Crippen LogP contribution in [0.1, 0.15) is 12.8 Å². The number of hydrogen-bond donors (Lipinski definition) is 2. The van der Waals surface area contributed by atoms with Crippen molar-refractivity contribution in [3.8, 4) is 0 Å². The highest BCUT2D eigenvalue weighted by atomic mass is 35.5. The number of carbonyl (C=O) groups is 1. The topological polar surface area (TPSA) is 41.1 Å². The van der Waals surface area contributed by atoms with Crippen LogP contribution in [0.5, 0.6) is 0 Å². The maximum atomic E-state index is 11.9. The molecule has 0 unspecified atom stereocenters. The second kappa shape index (κ2) is 9.00. The molecule has 1 aliphatic heterocycles. The number of rotatable bonds is 4. The van der Waals surface area contributed by atoms with Crippen molar-refractivity contribution in [2.45, 2.75) is 23.8 Å². The summed E-state index contributed by atoms with van der Waals surface area (Å²) in [5, 5.41) is 7.58. The molecule has 112 valence electrons. The van der Waals surface area contributed by atoms with E-state index >= 15 is 0 Å². The van der Waals surface area contributed by atoms with Gasteiger partial charge in [0.15, 0.2) is 0 Å². The molecule has 0 aromatic heterocycles. The molecule has 2 N–H and O–H groups in total. The Labute approximate surface area is 139 Å². The van der Waals surface area contributed by atoms with Crippen LogP contribution in [0.25, 0.3) is 0 Å². The van der Waals surface area contributed by atoms with Gasteiger partial charge in [0.05, 0.1) is 10.8 Å². The van der Waals surface area contributed by atoms with Crippen LogP contribution in [-0.4, -0.2) is 30.8 Å². The van der Waals surface area contributed by atoms with E-state index in [0.29, 0.717) is 21.8 Å². The molecule has 0 aliphatic carbocycles. The van der Waals surface area contributed by atoms with Crippen LogP contribution in [0.4, 0.5) is 0 Å². The third-order valence-electron chi connectivity index (χ3n) is 2.96. The molecule has 1 saturated heterocycles. The molecule has 1 fully saturated rings. The van der Waals surface area contributed by atoms with Gasteiger partial charge in [0.2, 0.25) is 5.91 Å². The summed E-state index contributed by atoms with van der Waals surface area (Å²) in [4.78, 5) is 12.7. The number of piperidine rings is 1. The van der Waals surface area contributed by atoms with Crippen molar-refractivity contribution in [3.05, 3.63) is 28.2 Å². The van der Waals surface area contributed by atoms with E-state index in [4.69, 9.17) is 23.2 Å². The maximum absolute atomic E-state index is 11.9. The minimum atomic E-state index is 0. The van der Waals surface area contributed by atoms with Crippen molar-refractivity contribution in [1.29, 1.82) is 0 Å². The number of hydrogen-bond acceptors (Lipinski definition) is 3. The lowest BCUT2D eigenvalue weighted by molar-refractivity contribution is -0.119. The fourth-order valence-corrected chi connectivity index (χ4v) is 3.27. The summed E-state index contributed by atoms with van der Waals surface area (Å²) in [5.74, 6) is 0.414. The fraction of sp³-hybridized carbons (Fsp3) is 0.462. The zero-order chi connectivity index (χ0) is 13.7. The molecular formula is C13H17Cl3N2OS. The molecule has 0 atom stereocenters. The Morgan fingerprint density at radius 2 is 2.05 bits per heavy atom. The molecule has 0 saturated carbocycles. The second-order valence-electron chi connectivity index (χ2n) is 4.46. The van der Waals surface area contributed by atoms with Gasteiger partial charge in [-0.2, -0.15) is 0 Å². The molecule has 0 radical (unpaired) electrons. The van der Waals surface area contributed by atoms with Crippen molar-refractivity contribution >= 4 is 53.3 Å². The van der Waals surface area contributed by atoms with Gasteiger partial charge >= 0.3 is 0 Å². The van der Waals surface area contributed by atoms with Gasteiger partial charge in [-0.15, -0.1) is 24.2 Å². The van der Waals surface area contributed by atoms with Crippen LogP contribution in [0.15, 0.2) is 23.1 Å². The number of halogens is 3. The molecule has 0 spiro atoms.